The predicted molar refractivity (Wildman–Crippen MR) is 117 cm³/mol. The van der Waals surface area contributed by atoms with Crippen molar-refractivity contribution in [3.63, 3.8) is 0 Å². The monoisotopic (exact) mass is 404 g/mol. The van der Waals surface area contributed by atoms with Crippen molar-refractivity contribution in [1.82, 2.24) is 19.9 Å². The van der Waals surface area contributed by atoms with Crippen LogP contribution in [0.5, 0.6) is 0 Å². The topological polar surface area (TPSA) is 93.5 Å². The molecule has 5 rings (SSSR count). The molecule has 2 aliphatic heterocycles. The number of hydrogen-bond donors (Lipinski definition) is 2. The van der Waals surface area contributed by atoms with Crippen LogP contribution in [0.3, 0.4) is 0 Å². The quantitative estimate of drug-likeness (QED) is 0.617. The van der Waals surface area contributed by atoms with Crippen LogP contribution >= 0.6 is 0 Å². The maximum absolute atomic E-state index is 11.0. The minimum atomic E-state index is -0.955. The molecule has 30 heavy (non-hydrogen) atoms. The zero-order valence-electron chi connectivity index (χ0n) is 17.0. The molecular weight excluding hydrogens is 380 g/mol. The summed E-state index contributed by atoms with van der Waals surface area (Å²) in [4.78, 5) is 23.9. The highest BCUT2D eigenvalue weighted by Crippen LogP contribution is 2.41. The van der Waals surface area contributed by atoms with Gasteiger partial charge in [-0.1, -0.05) is 0 Å². The fourth-order valence-corrected chi connectivity index (χ4v) is 4.11. The van der Waals surface area contributed by atoms with Crippen LogP contribution in [-0.2, 0) is 0 Å². The number of pyridine rings is 2. The van der Waals surface area contributed by atoms with Gasteiger partial charge in [0.1, 0.15) is 11.6 Å². The van der Waals surface area contributed by atoms with E-state index in [1.165, 1.54) is 0 Å². The van der Waals surface area contributed by atoms with Crippen LogP contribution in [-0.4, -0.2) is 64.6 Å². The van der Waals surface area contributed by atoms with Gasteiger partial charge in [0, 0.05) is 51.3 Å². The third kappa shape index (κ3) is 3.26. The average molecular weight is 404 g/mol. The lowest BCUT2D eigenvalue weighted by atomic mass is 10.1. The van der Waals surface area contributed by atoms with Crippen molar-refractivity contribution in [3.8, 4) is 11.3 Å². The molecular formula is C21H24N8O. The van der Waals surface area contributed by atoms with E-state index in [0.717, 1.165) is 48.1 Å². The molecule has 3 aromatic heterocycles. The van der Waals surface area contributed by atoms with Crippen LogP contribution in [0.25, 0.3) is 11.3 Å². The molecule has 5 heterocycles. The number of aromatic nitrogens is 4. The molecule has 1 fully saturated rings. The molecule has 0 saturated carbocycles. The molecule has 2 atom stereocenters. The van der Waals surface area contributed by atoms with Crippen molar-refractivity contribution in [3.05, 3.63) is 49.1 Å². The third-order valence-electron chi connectivity index (χ3n) is 5.60. The first-order chi connectivity index (χ1) is 14.6. The summed E-state index contributed by atoms with van der Waals surface area (Å²) in [5.74, 6) is 2.17. The largest absolute Gasteiger partial charge is 0.366 e. The summed E-state index contributed by atoms with van der Waals surface area (Å²) < 4.78 is 0. The van der Waals surface area contributed by atoms with Gasteiger partial charge in [-0.25, -0.2) is 15.0 Å². The molecule has 0 aliphatic carbocycles. The molecule has 9 heteroatoms. The van der Waals surface area contributed by atoms with Gasteiger partial charge >= 0.3 is 0 Å². The fraction of sp³-hybridized carbons (Fsp3) is 0.333. The van der Waals surface area contributed by atoms with Crippen LogP contribution in [0, 0.1) is 0 Å². The minimum Gasteiger partial charge on any atom is -0.366 e. The first-order valence-corrected chi connectivity index (χ1v) is 9.99. The zero-order valence-corrected chi connectivity index (χ0v) is 17.0. The molecule has 154 valence electrons. The first kappa shape index (κ1) is 18.6. The number of rotatable bonds is 5. The number of nitrogens with one attached hydrogen (secondary N) is 1. The van der Waals surface area contributed by atoms with Crippen LogP contribution in [0.4, 0.5) is 23.1 Å². The van der Waals surface area contributed by atoms with Gasteiger partial charge in [-0.05, 0) is 30.7 Å². The Morgan fingerprint density at radius 1 is 1.17 bits per heavy atom. The van der Waals surface area contributed by atoms with E-state index in [9.17, 15) is 5.11 Å². The Bertz CT molecular complexity index is 1040. The molecule has 2 aliphatic rings. The number of aliphatic hydroxyl groups excluding tert-OH is 1. The van der Waals surface area contributed by atoms with Crippen LogP contribution in [0.1, 0.15) is 6.42 Å². The lowest BCUT2D eigenvalue weighted by Crippen LogP contribution is -2.51. The Labute approximate surface area is 175 Å². The normalized spacial score (nSPS) is 18.2. The predicted octanol–water partition coefficient (Wildman–Crippen LogP) is 1.79. The second kappa shape index (κ2) is 7.42. The highest BCUT2D eigenvalue weighted by atomic mass is 16.3. The van der Waals surface area contributed by atoms with E-state index in [1.54, 1.807) is 24.8 Å². The minimum absolute atomic E-state index is 0.175. The summed E-state index contributed by atoms with van der Waals surface area (Å²) >= 11 is 0. The number of anilines is 4. The first-order valence-electron chi connectivity index (χ1n) is 9.99. The van der Waals surface area contributed by atoms with Gasteiger partial charge in [0.25, 0.3) is 0 Å². The van der Waals surface area contributed by atoms with E-state index < -0.39 is 6.35 Å². The Balaban J connectivity index is 1.52. The molecule has 1 saturated heterocycles. The molecule has 2 bridgehead atoms. The molecule has 1 unspecified atom stereocenters. The Morgan fingerprint density at radius 3 is 2.87 bits per heavy atom. The maximum Gasteiger partial charge on any atom is 0.208 e. The highest BCUT2D eigenvalue weighted by molar-refractivity contribution is 5.76. The molecule has 9 nitrogen and oxygen atoms in total. The maximum atomic E-state index is 11.0. The highest BCUT2D eigenvalue weighted by Gasteiger charge is 2.40. The van der Waals surface area contributed by atoms with E-state index in [4.69, 9.17) is 4.98 Å². The van der Waals surface area contributed by atoms with Crippen LogP contribution in [0.15, 0.2) is 49.1 Å². The van der Waals surface area contributed by atoms with E-state index >= 15 is 0 Å². The Kier molecular flexibility index (Phi) is 4.59. The lowest BCUT2D eigenvalue weighted by Gasteiger charge is -2.40. The van der Waals surface area contributed by atoms with E-state index in [2.05, 4.69) is 31.2 Å². The van der Waals surface area contributed by atoms with Gasteiger partial charge < -0.3 is 25.1 Å². The second-order valence-electron chi connectivity index (χ2n) is 7.74. The summed E-state index contributed by atoms with van der Waals surface area (Å²) in [7, 11) is 3.93. The van der Waals surface area contributed by atoms with Crippen molar-refractivity contribution in [2.24, 2.45) is 0 Å². The number of nitrogens with zero attached hydrogens (tertiary/aromatic N) is 7. The van der Waals surface area contributed by atoms with Gasteiger partial charge in [-0.15, -0.1) is 0 Å². The molecule has 0 aromatic carbocycles. The molecule has 0 spiro atoms. The summed E-state index contributed by atoms with van der Waals surface area (Å²) in [6.07, 6.45) is 6.60. The Morgan fingerprint density at radius 2 is 2.07 bits per heavy atom. The van der Waals surface area contributed by atoms with Crippen molar-refractivity contribution in [2.75, 3.05) is 47.2 Å². The van der Waals surface area contributed by atoms with Gasteiger partial charge in [-0.3, -0.25) is 4.98 Å². The lowest BCUT2D eigenvalue weighted by molar-refractivity contribution is 0.184. The van der Waals surface area contributed by atoms with Gasteiger partial charge in [-0.2, -0.15) is 0 Å². The van der Waals surface area contributed by atoms with Crippen molar-refractivity contribution >= 4 is 23.1 Å². The number of hydrogen-bond acceptors (Lipinski definition) is 9. The number of aliphatic hydroxyl groups is 1. The molecule has 0 amide bonds. The van der Waals surface area contributed by atoms with Crippen molar-refractivity contribution in [1.29, 1.82) is 0 Å². The van der Waals surface area contributed by atoms with Crippen LogP contribution < -0.4 is 20.0 Å². The summed E-state index contributed by atoms with van der Waals surface area (Å²) in [6, 6.07) is 8.28. The van der Waals surface area contributed by atoms with Crippen molar-refractivity contribution < 1.29 is 5.11 Å². The van der Waals surface area contributed by atoms with Gasteiger partial charge in [0.2, 0.25) is 6.35 Å². The average Bonchev–Trinajstić information content (AvgIpc) is 3.18. The zero-order chi connectivity index (χ0) is 20.7. The van der Waals surface area contributed by atoms with E-state index in [0.29, 0.717) is 5.82 Å². The van der Waals surface area contributed by atoms with E-state index in [1.807, 2.05) is 42.1 Å². The summed E-state index contributed by atoms with van der Waals surface area (Å²) in [5, 5.41) is 14.1. The van der Waals surface area contributed by atoms with Crippen molar-refractivity contribution in [2.45, 2.75) is 18.8 Å². The summed E-state index contributed by atoms with van der Waals surface area (Å²) in [6.45, 7) is 1.82. The third-order valence-corrected chi connectivity index (χ3v) is 5.60. The number of fused-ring (bicyclic) bond motifs is 4. The standard InChI is InChI=1S/C21H24N8O/c1-27(2)19-11-14(5-7-24-19)16-3-4-17-20(25-16)29(15-6-10-28(17)13-15)21(30)26-18-12-22-8-9-23-18/h3-5,7-9,11-12,15,21,30H,6,10,13H2,1-2H3,(H,23,26)/t15-,21?/m0/s1. The summed E-state index contributed by atoms with van der Waals surface area (Å²) in [5.41, 5.74) is 2.87. The molecule has 3 aromatic rings. The SMILES string of the molecule is CN(C)c1cc(-c2ccc3c(n2)N(C(O)Nc2cnccn2)[C@H]2CCN3C2)ccn1. The van der Waals surface area contributed by atoms with Gasteiger partial charge in [0.05, 0.1) is 23.6 Å². The molecule has 0 radical (unpaired) electrons. The smallest absolute Gasteiger partial charge is 0.208 e. The van der Waals surface area contributed by atoms with Gasteiger partial charge in [0.15, 0.2) is 5.82 Å². The van der Waals surface area contributed by atoms with E-state index in [-0.39, 0.29) is 6.04 Å². The second-order valence-corrected chi connectivity index (χ2v) is 7.74. The van der Waals surface area contributed by atoms with Crippen LogP contribution in [0.2, 0.25) is 0 Å². The fourth-order valence-electron chi connectivity index (χ4n) is 4.11. The Hall–Kier alpha value is -3.46. The molecule has 2 N–H and O–H groups in total.